The summed E-state index contributed by atoms with van der Waals surface area (Å²) in [4.78, 5) is 135. The Morgan fingerprint density at radius 3 is 1.06 bits per heavy atom. The number of fused-ring (bicyclic) bond motifs is 1. The molecule has 8 unspecified atom stereocenters. The summed E-state index contributed by atoms with van der Waals surface area (Å²) in [5.74, 6) is -4.43. The van der Waals surface area contributed by atoms with Crippen LogP contribution in [-0.4, -0.2) is 250 Å². The molecule has 0 aliphatic heterocycles. The van der Waals surface area contributed by atoms with Gasteiger partial charge in [0.15, 0.2) is 30.1 Å². The first-order valence-electron chi connectivity index (χ1n) is 45.7. The molecule has 0 saturated heterocycles. The number of ether oxygens (including phenoxy) is 3. The molecule has 5 aromatic carbocycles. The highest BCUT2D eigenvalue weighted by atomic mass is 35.5. The molecule has 1 aromatic heterocycles. The van der Waals surface area contributed by atoms with Crippen molar-refractivity contribution in [2.24, 2.45) is 11.5 Å². The molecule has 0 aliphatic carbocycles. The van der Waals surface area contributed by atoms with Crippen molar-refractivity contribution in [2.75, 3.05) is 32.7 Å². The van der Waals surface area contributed by atoms with Crippen molar-refractivity contribution in [1.29, 1.82) is 0 Å². The first-order valence-corrected chi connectivity index (χ1v) is 45.7. The molecule has 0 spiro atoms. The normalized spacial score (nSPS) is 14.2. The lowest BCUT2D eigenvalue weighted by Crippen LogP contribution is -2.55. The first kappa shape index (κ1) is 135. The van der Waals surface area contributed by atoms with Crippen LogP contribution in [0.3, 0.4) is 0 Å². The number of aromatic nitrogens is 3. The number of hydrogen-bond donors (Lipinski definition) is 23. The quantitative estimate of drug-likeness (QED) is 0.00763. The molecular formula is C95H158Cl3N17O24. The molecular weight excluding hydrogens is 1870 g/mol. The number of rotatable bonds is 46. The summed E-state index contributed by atoms with van der Waals surface area (Å²) < 4.78 is 15.4. The number of aliphatic hydroxyl groups excluding tert-OH is 7. The number of benzene rings is 5. The van der Waals surface area contributed by atoms with Gasteiger partial charge in [-0.1, -0.05) is 214 Å². The molecule has 8 amide bonds. The van der Waals surface area contributed by atoms with Crippen molar-refractivity contribution in [3.05, 3.63) is 168 Å². The number of carbonyl (C=O) groups is 11. The first-order chi connectivity index (χ1) is 63.9. The van der Waals surface area contributed by atoms with E-state index in [1.165, 1.54) is 0 Å². The number of alkyl carbamates (subject to hydrolysis) is 3. The summed E-state index contributed by atoms with van der Waals surface area (Å²) in [5, 5.41) is 125. The number of carbonyl (C=O) groups excluding carboxylic acids is 10. The van der Waals surface area contributed by atoms with Crippen LogP contribution in [0.15, 0.2) is 146 Å². The molecule has 0 aliphatic rings. The Morgan fingerprint density at radius 1 is 0.396 bits per heavy atom. The van der Waals surface area contributed by atoms with Gasteiger partial charge in [-0.2, -0.15) is 5.26 Å². The highest BCUT2D eigenvalue weighted by Gasteiger charge is 2.34. The van der Waals surface area contributed by atoms with Crippen molar-refractivity contribution in [3.63, 3.8) is 0 Å². The summed E-state index contributed by atoms with van der Waals surface area (Å²) in [5.41, 5.74) is 14.5. The van der Waals surface area contributed by atoms with Crippen LogP contribution >= 0.6 is 37.2 Å². The topological polar surface area (TPSA) is 634 Å². The van der Waals surface area contributed by atoms with Crippen LogP contribution in [0, 0.1) is 0 Å². The maximum atomic E-state index is 12.5. The van der Waals surface area contributed by atoms with Crippen molar-refractivity contribution < 1.29 is 118 Å². The third-order valence-electron chi connectivity index (χ3n) is 18.9. The number of aliphatic carboxylic acids is 1. The van der Waals surface area contributed by atoms with Crippen molar-refractivity contribution in [1.82, 2.24) is 79.0 Å². The second-order valence-corrected chi connectivity index (χ2v) is 34.3. The maximum Gasteiger partial charge on any atom is 0.408 e. The Morgan fingerprint density at radius 2 is 0.712 bits per heavy atom. The van der Waals surface area contributed by atoms with Gasteiger partial charge in [-0.3, -0.25) is 59.6 Å². The number of ketones is 2. The van der Waals surface area contributed by atoms with Gasteiger partial charge in [0.25, 0.3) is 5.91 Å². The summed E-state index contributed by atoms with van der Waals surface area (Å²) in [7, 11) is 0. The predicted molar refractivity (Wildman–Crippen MR) is 537 cm³/mol. The lowest BCUT2D eigenvalue weighted by molar-refractivity contribution is -0.250. The second kappa shape index (κ2) is 73.7. The SMILES string of the molecule is CC.CCCC(N)C(=O)[C@H](O)NCC(=O)N[C@H](C)c1ccccc1.CCCC(N)C(O)[C@H](O)NCC(=O)N[C@H](C)c1ccccc1.CCCC(NC(=O)OC(C)(C)C)C(=O)[C@H](O)NCC(=O)N[C@H](C)c1ccccc1.CCCC(NC(=O)OC(C)(C)C)C(O)C(=O)NCC(=O)O.CCCC(NC(=O)OC(C)(C)C)C(O)[C@H](O)NCC(=O)N[C@H](C)c1ccccc1.Cl.Cl.Cl.OOn1nnc2ccccc21. The lowest BCUT2D eigenvalue weighted by atomic mass is 10.0. The standard InChI is InChI=1S/C21H35N3O5.C21H33N3O5.C16H27N3O3.C16H25N3O3.C13H24N2O6.C6H5N3O2.C2H6.3ClH/c2*1-6-10-16(24-20(28)29-21(3,4)5)18(26)19(27)22-13-17(25)23-14(2)15-11-8-7-9-12-15;2*1-3-7-13(17)15(21)16(22)18-10-14(20)19-11(2)12-8-5-4-6-9-12;1-5-6-8(15-12(20)21-13(2,3)4)10(18)11(19)14-7-9(16)17;10-11-9-6-4-2-1-3-5(6)7-8-9;1-2;;;/h7-9,11-12,14,16,18-19,22,26-27H,6,10,13H2,1-5H3,(H,23,25)(H,24,28);7-9,11-12,14,16,19,22,27H,6,10,13H2,1-5H3,(H,23,25)(H,24,28);4-6,8-9,11,13,15-16,18,21-22H,3,7,10,17H2,1-2H3,(H,19,20);4-6,8-9,11,13,16,18,22H,3,7,10,17H2,1-2H3,(H,19,20);8,10,18H,5-7H2,1-4H3,(H,14,19)(H,15,20)(H,16,17);1-4,10H;1-2H3;3*1H/t14-,16?,18?,19+;14-,16?,19+;11-,13?,15?,16+;11-,13?,16+;;;;;;/m1111....../s1. The third-order valence-corrected chi connectivity index (χ3v) is 18.9. The maximum absolute atomic E-state index is 12.5. The van der Waals surface area contributed by atoms with Crippen LogP contribution in [0.2, 0.25) is 0 Å². The van der Waals surface area contributed by atoms with Crippen LogP contribution in [0.4, 0.5) is 14.4 Å². The third kappa shape index (κ3) is 60.4. The van der Waals surface area contributed by atoms with E-state index in [1.54, 1.807) is 80.5 Å². The predicted octanol–water partition coefficient (Wildman–Crippen LogP) is 7.45. The number of para-hydroxylation sites is 1. The number of nitrogens with zero attached hydrogens (tertiary/aromatic N) is 3. The number of Topliss-reactive ketones (excluding diaryl/α,β-unsaturated/α-hetero) is 2. The molecule has 0 saturated carbocycles. The Labute approximate surface area is 835 Å². The van der Waals surface area contributed by atoms with E-state index in [1.807, 2.05) is 204 Å². The van der Waals surface area contributed by atoms with Crippen molar-refractivity contribution >= 4 is 114 Å². The number of aliphatic hydroxyl groups is 7. The number of amides is 8. The molecule has 6 aromatic rings. The van der Waals surface area contributed by atoms with Gasteiger partial charge in [-0.25, -0.2) is 19.4 Å². The average Bonchev–Trinajstić information content (AvgIpc) is 1.64. The van der Waals surface area contributed by atoms with Gasteiger partial charge in [0, 0.05) is 6.04 Å². The van der Waals surface area contributed by atoms with Gasteiger partial charge in [-0.05, 0) is 167 Å². The highest BCUT2D eigenvalue weighted by molar-refractivity contribution is 5.91. The van der Waals surface area contributed by atoms with Gasteiger partial charge in [0.2, 0.25) is 23.6 Å². The molecule has 0 bridgehead atoms. The summed E-state index contributed by atoms with van der Waals surface area (Å²) in [6, 6.07) is 40.9. The van der Waals surface area contributed by atoms with Gasteiger partial charge < -0.3 is 109 Å². The molecule has 25 N–H and O–H groups in total. The van der Waals surface area contributed by atoms with E-state index in [4.69, 9.17) is 36.0 Å². The summed E-state index contributed by atoms with van der Waals surface area (Å²) >= 11 is 0. The van der Waals surface area contributed by atoms with Gasteiger partial charge in [0.1, 0.15) is 59.0 Å². The zero-order valence-corrected chi connectivity index (χ0v) is 86.0. The Bertz CT molecular complexity index is 4400. The molecule has 0 radical (unpaired) electrons. The van der Waals surface area contributed by atoms with E-state index in [2.05, 4.69) is 79.1 Å². The van der Waals surface area contributed by atoms with Crippen LogP contribution in [-0.2, 0) is 52.6 Å². The van der Waals surface area contributed by atoms with Crippen molar-refractivity contribution in [3.8, 4) is 0 Å². The zero-order chi connectivity index (χ0) is 103. The molecule has 41 nitrogen and oxygen atoms in total. The molecule has 1 heterocycles. The molecule has 6 rings (SSSR count). The zero-order valence-electron chi connectivity index (χ0n) is 83.6. The van der Waals surface area contributed by atoms with E-state index in [0.29, 0.717) is 62.4 Å². The number of carboxylic acid groups (broad SMARTS) is 1. The minimum atomic E-state index is -1.58. The van der Waals surface area contributed by atoms with E-state index >= 15 is 0 Å². The Balaban J connectivity index is -0.000000792. The molecule has 16 atom stereocenters. The fourth-order valence-electron chi connectivity index (χ4n) is 12.1. The Hall–Kier alpha value is -10.4. The smallest absolute Gasteiger partial charge is 0.408 e. The number of nitrogens with two attached hydrogens (primary N) is 2. The second-order valence-electron chi connectivity index (χ2n) is 34.3. The van der Waals surface area contributed by atoms with Crippen LogP contribution in [0.25, 0.3) is 11.0 Å². The fourth-order valence-corrected chi connectivity index (χ4v) is 12.1. The molecule has 139 heavy (non-hydrogen) atoms. The summed E-state index contributed by atoms with van der Waals surface area (Å²) in [6.45, 7) is 35.1. The van der Waals surface area contributed by atoms with Crippen LogP contribution in [0.1, 0.15) is 249 Å². The minimum absolute atomic E-state index is 0. The molecule has 788 valence electrons. The van der Waals surface area contributed by atoms with E-state index in [-0.39, 0.29) is 111 Å². The van der Waals surface area contributed by atoms with Gasteiger partial charge >= 0.3 is 24.2 Å². The average molecular weight is 2030 g/mol. The number of hydrogen-bond acceptors (Lipinski definition) is 31. The van der Waals surface area contributed by atoms with E-state index in [9.17, 15) is 88.5 Å². The monoisotopic (exact) mass is 2030 g/mol. The minimum Gasteiger partial charge on any atom is -0.480 e. The van der Waals surface area contributed by atoms with E-state index in [0.717, 1.165) is 39.9 Å². The Kier molecular flexibility index (Phi) is 71.5. The van der Waals surface area contributed by atoms with Gasteiger partial charge in [-0.15, -0.1) is 42.3 Å². The van der Waals surface area contributed by atoms with Crippen LogP contribution < -0.4 is 80.3 Å². The van der Waals surface area contributed by atoms with E-state index < -0.39 is 139 Å². The van der Waals surface area contributed by atoms with Crippen molar-refractivity contribution in [2.45, 2.75) is 317 Å². The highest BCUT2D eigenvalue weighted by Crippen LogP contribution is 2.19. The lowest BCUT2D eigenvalue weighted by Gasteiger charge is -2.29. The fraction of sp³-hybridized carbons (Fsp3) is 0.568. The molecule has 44 heteroatoms. The van der Waals surface area contributed by atoms with Gasteiger partial charge in [0.05, 0.1) is 74.5 Å². The summed E-state index contributed by atoms with van der Waals surface area (Å²) in [6.07, 6.45) is -5.97. The van der Waals surface area contributed by atoms with Crippen LogP contribution in [0.5, 0.6) is 0 Å². The largest absolute Gasteiger partial charge is 0.480 e. The number of halogens is 3. The number of nitrogens with one attached hydrogen (secondary N) is 12. The number of carboxylic acids is 1. The molecule has 0 fully saturated rings.